The molecule has 0 fully saturated rings. The monoisotopic (exact) mass is 166 g/mol. The maximum Gasteiger partial charge on any atom is 0.0697 e. The van der Waals surface area contributed by atoms with E-state index in [0.29, 0.717) is 11.6 Å². The van der Waals surface area contributed by atoms with E-state index in [-0.39, 0.29) is 6.61 Å². The summed E-state index contributed by atoms with van der Waals surface area (Å²) in [5, 5.41) is 8.80. The van der Waals surface area contributed by atoms with Crippen molar-refractivity contribution < 1.29 is 5.11 Å². The standard InChI is InChI=1S/C9H14N2O/c1-6(2)9-8(10)3-7(5-12)4-11-9/h3-4,6,12H,5,10H2,1-2H3. The van der Waals surface area contributed by atoms with E-state index in [1.807, 2.05) is 13.8 Å². The Hall–Kier alpha value is -1.09. The number of hydrogen-bond donors (Lipinski definition) is 2. The Morgan fingerprint density at radius 1 is 1.58 bits per heavy atom. The summed E-state index contributed by atoms with van der Waals surface area (Å²) in [6, 6.07) is 1.77. The fourth-order valence-electron chi connectivity index (χ4n) is 1.11. The lowest BCUT2D eigenvalue weighted by Crippen LogP contribution is -2.01. The number of nitrogens with zero attached hydrogens (tertiary/aromatic N) is 1. The van der Waals surface area contributed by atoms with Crippen molar-refractivity contribution in [3.05, 3.63) is 23.5 Å². The van der Waals surface area contributed by atoms with Gasteiger partial charge in [0.1, 0.15) is 0 Å². The SMILES string of the molecule is CC(C)c1ncc(CO)cc1N. The molecule has 12 heavy (non-hydrogen) atoms. The molecule has 1 heterocycles. The molecule has 0 bridgehead atoms. The minimum absolute atomic E-state index is 0.00439. The first-order valence-electron chi connectivity index (χ1n) is 4.00. The predicted octanol–water partition coefficient (Wildman–Crippen LogP) is 1.28. The number of aromatic nitrogens is 1. The first-order valence-corrected chi connectivity index (χ1v) is 4.00. The molecular formula is C9H14N2O. The van der Waals surface area contributed by atoms with Crippen LogP contribution in [0.25, 0.3) is 0 Å². The van der Waals surface area contributed by atoms with Crippen LogP contribution in [0.2, 0.25) is 0 Å². The van der Waals surface area contributed by atoms with E-state index in [1.165, 1.54) is 0 Å². The van der Waals surface area contributed by atoms with Crippen LogP contribution in [-0.2, 0) is 6.61 Å². The molecule has 3 heteroatoms. The lowest BCUT2D eigenvalue weighted by atomic mass is 10.1. The zero-order valence-electron chi connectivity index (χ0n) is 7.41. The van der Waals surface area contributed by atoms with Gasteiger partial charge in [-0.05, 0) is 17.5 Å². The van der Waals surface area contributed by atoms with Gasteiger partial charge in [-0.25, -0.2) is 0 Å². The number of rotatable bonds is 2. The van der Waals surface area contributed by atoms with E-state index in [9.17, 15) is 0 Å². The molecule has 0 aliphatic carbocycles. The van der Waals surface area contributed by atoms with Crippen LogP contribution in [0.4, 0.5) is 5.69 Å². The average molecular weight is 166 g/mol. The Morgan fingerprint density at radius 3 is 2.67 bits per heavy atom. The molecule has 0 spiro atoms. The molecule has 3 nitrogen and oxygen atoms in total. The zero-order chi connectivity index (χ0) is 9.14. The molecule has 3 N–H and O–H groups in total. The molecule has 1 aromatic rings. The lowest BCUT2D eigenvalue weighted by Gasteiger charge is -2.08. The molecule has 1 aromatic heterocycles. The number of anilines is 1. The van der Waals surface area contributed by atoms with Gasteiger partial charge in [-0.15, -0.1) is 0 Å². The normalized spacial score (nSPS) is 10.7. The highest BCUT2D eigenvalue weighted by molar-refractivity contribution is 5.46. The van der Waals surface area contributed by atoms with Crippen molar-refractivity contribution in [2.45, 2.75) is 26.4 Å². The van der Waals surface area contributed by atoms with Crippen molar-refractivity contribution in [2.24, 2.45) is 0 Å². The molecule has 0 unspecified atom stereocenters. The summed E-state index contributed by atoms with van der Waals surface area (Å²) in [6.45, 7) is 4.07. The first-order chi connectivity index (χ1) is 5.65. The Kier molecular flexibility index (Phi) is 2.65. The number of nitrogens with two attached hydrogens (primary N) is 1. The van der Waals surface area contributed by atoms with Gasteiger partial charge in [0.15, 0.2) is 0 Å². The quantitative estimate of drug-likeness (QED) is 0.695. The molecule has 0 atom stereocenters. The van der Waals surface area contributed by atoms with Crippen molar-refractivity contribution >= 4 is 5.69 Å². The smallest absolute Gasteiger partial charge is 0.0697 e. The Labute approximate surface area is 72.2 Å². The van der Waals surface area contributed by atoms with Gasteiger partial charge in [0.25, 0.3) is 0 Å². The van der Waals surface area contributed by atoms with Crippen molar-refractivity contribution in [3.8, 4) is 0 Å². The maximum atomic E-state index is 8.80. The number of aliphatic hydroxyl groups excluding tert-OH is 1. The van der Waals surface area contributed by atoms with E-state index in [1.54, 1.807) is 12.3 Å². The largest absolute Gasteiger partial charge is 0.397 e. The third-order valence-electron chi connectivity index (χ3n) is 1.74. The second kappa shape index (κ2) is 3.54. The van der Waals surface area contributed by atoms with Crippen LogP contribution in [-0.4, -0.2) is 10.1 Å². The second-order valence-corrected chi connectivity index (χ2v) is 3.13. The van der Waals surface area contributed by atoms with Crippen molar-refractivity contribution in [1.29, 1.82) is 0 Å². The highest BCUT2D eigenvalue weighted by atomic mass is 16.3. The topological polar surface area (TPSA) is 59.1 Å². The number of hydrogen-bond acceptors (Lipinski definition) is 3. The van der Waals surface area contributed by atoms with E-state index in [2.05, 4.69) is 4.98 Å². The molecule has 0 aliphatic heterocycles. The molecule has 0 saturated carbocycles. The van der Waals surface area contributed by atoms with E-state index in [0.717, 1.165) is 11.3 Å². The highest BCUT2D eigenvalue weighted by Crippen LogP contribution is 2.19. The van der Waals surface area contributed by atoms with Gasteiger partial charge in [-0.2, -0.15) is 0 Å². The molecule has 0 amide bonds. The van der Waals surface area contributed by atoms with Gasteiger partial charge < -0.3 is 10.8 Å². The van der Waals surface area contributed by atoms with Gasteiger partial charge in [-0.1, -0.05) is 13.8 Å². The maximum absolute atomic E-state index is 8.80. The summed E-state index contributed by atoms with van der Waals surface area (Å²) >= 11 is 0. The van der Waals surface area contributed by atoms with Crippen LogP contribution in [0, 0.1) is 0 Å². The van der Waals surface area contributed by atoms with Crippen LogP contribution in [0.3, 0.4) is 0 Å². The fourth-order valence-corrected chi connectivity index (χ4v) is 1.11. The summed E-state index contributed by atoms with van der Waals surface area (Å²) in [7, 11) is 0. The minimum Gasteiger partial charge on any atom is -0.397 e. The van der Waals surface area contributed by atoms with Crippen LogP contribution >= 0.6 is 0 Å². The third-order valence-corrected chi connectivity index (χ3v) is 1.74. The van der Waals surface area contributed by atoms with E-state index in [4.69, 9.17) is 10.8 Å². The summed E-state index contributed by atoms with van der Waals surface area (Å²) in [5.74, 6) is 0.331. The second-order valence-electron chi connectivity index (χ2n) is 3.13. The van der Waals surface area contributed by atoms with E-state index < -0.39 is 0 Å². The van der Waals surface area contributed by atoms with Crippen molar-refractivity contribution in [2.75, 3.05) is 5.73 Å². The summed E-state index contributed by atoms with van der Waals surface area (Å²) in [4.78, 5) is 4.16. The van der Waals surface area contributed by atoms with E-state index >= 15 is 0 Å². The van der Waals surface area contributed by atoms with Gasteiger partial charge in [0, 0.05) is 6.20 Å². The summed E-state index contributed by atoms with van der Waals surface area (Å²) in [6.07, 6.45) is 1.66. The van der Waals surface area contributed by atoms with Gasteiger partial charge in [0.05, 0.1) is 18.0 Å². The fraction of sp³-hybridized carbons (Fsp3) is 0.444. The number of pyridine rings is 1. The molecule has 1 rings (SSSR count). The molecule has 0 radical (unpaired) electrons. The minimum atomic E-state index is -0.00439. The van der Waals surface area contributed by atoms with Crippen LogP contribution in [0.15, 0.2) is 12.3 Å². The predicted molar refractivity (Wildman–Crippen MR) is 48.7 cm³/mol. The summed E-state index contributed by atoms with van der Waals surface area (Å²) < 4.78 is 0. The number of aliphatic hydroxyl groups is 1. The van der Waals surface area contributed by atoms with Gasteiger partial charge >= 0.3 is 0 Å². The van der Waals surface area contributed by atoms with Gasteiger partial charge in [0.2, 0.25) is 0 Å². The highest BCUT2D eigenvalue weighted by Gasteiger charge is 2.05. The Bertz CT molecular complexity index is 271. The van der Waals surface area contributed by atoms with Crippen LogP contribution < -0.4 is 5.73 Å². The Morgan fingerprint density at radius 2 is 2.25 bits per heavy atom. The first kappa shape index (κ1) is 9.00. The molecule has 66 valence electrons. The average Bonchev–Trinajstić information content (AvgIpc) is 2.03. The molecular weight excluding hydrogens is 152 g/mol. The van der Waals surface area contributed by atoms with Crippen molar-refractivity contribution in [1.82, 2.24) is 4.98 Å². The Balaban J connectivity index is 3.03. The molecule has 0 aromatic carbocycles. The van der Waals surface area contributed by atoms with Crippen LogP contribution in [0.1, 0.15) is 31.0 Å². The van der Waals surface area contributed by atoms with Crippen molar-refractivity contribution in [3.63, 3.8) is 0 Å². The van der Waals surface area contributed by atoms with Gasteiger partial charge in [-0.3, -0.25) is 4.98 Å². The molecule has 0 aliphatic rings. The lowest BCUT2D eigenvalue weighted by molar-refractivity contribution is 0.281. The molecule has 0 saturated heterocycles. The third kappa shape index (κ3) is 1.74. The summed E-state index contributed by atoms with van der Waals surface area (Å²) in [5.41, 5.74) is 8.04. The van der Waals surface area contributed by atoms with Crippen LogP contribution in [0.5, 0.6) is 0 Å². The zero-order valence-corrected chi connectivity index (χ0v) is 7.41. The number of nitrogen functional groups attached to an aromatic ring is 1.